The molecule has 1 amide bonds. The minimum atomic E-state index is -0.0515. The molecule has 1 aliphatic rings. The molecule has 22 heavy (non-hydrogen) atoms. The van der Waals surface area contributed by atoms with Gasteiger partial charge in [0.1, 0.15) is 5.76 Å². The maximum Gasteiger partial charge on any atom is 0.289 e. The van der Waals surface area contributed by atoms with Crippen LogP contribution in [0.15, 0.2) is 34.7 Å². The van der Waals surface area contributed by atoms with Gasteiger partial charge in [-0.25, -0.2) is 0 Å². The lowest BCUT2D eigenvalue weighted by atomic mass is 10.0. The maximum atomic E-state index is 12.5. The topological polar surface area (TPSA) is 59.5 Å². The number of furan rings is 1. The van der Waals surface area contributed by atoms with Crippen molar-refractivity contribution in [3.05, 3.63) is 41.1 Å². The number of benzene rings is 1. The number of hydrogen-bond donors (Lipinski definition) is 1. The number of nitrogen functional groups attached to an aromatic ring is 1. The Morgan fingerprint density at radius 2 is 2.18 bits per heavy atom. The van der Waals surface area contributed by atoms with Gasteiger partial charge in [0.05, 0.1) is 5.02 Å². The normalized spacial score (nSPS) is 18.5. The Hall–Kier alpha value is -1.94. The highest BCUT2D eigenvalue weighted by Crippen LogP contribution is 2.31. The van der Waals surface area contributed by atoms with Crippen LogP contribution in [0.2, 0.25) is 5.02 Å². The first-order valence-corrected chi connectivity index (χ1v) is 7.87. The lowest BCUT2D eigenvalue weighted by Gasteiger charge is -2.30. The first-order valence-electron chi connectivity index (χ1n) is 7.49. The van der Waals surface area contributed by atoms with E-state index in [1.807, 2.05) is 4.90 Å². The SMILES string of the molecule is CC1CCCN(C(=O)c2ccc(-c3ccc(N)cc3Cl)o2)C1. The van der Waals surface area contributed by atoms with Crippen molar-refractivity contribution in [2.45, 2.75) is 19.8 Å². The Balaban J connectivity index is 1.82. The van der Waals surface area contributed by atoms with Gasteiger partial charge in [-0.1, -0.05) is 18.5 Å². The summed E-state index contributed by atoms with van der Waals surface area (Å²) in [5.41, 5.74) is 7.03. The van der Waals surface area contributed by atoms with Gasteiger partial charge in [-0.3, -0.25) is 4.79 Å². The van der Waals surface area contributed by atoms with Crippen LogP contribution in [-0.4, -0.2) is 23.9 Å². The van der Waals surface area contributed by atoms with E-state index in [0.29, 0.717) is 28.1 Å². The second-order valence-corrected chi connectivity index (χ2v) is 6.31. The molecule has 0 bridgehead atoms. The summed E-state index contributed by atoms with van der Waals surface area (Å²) in [6.45, 7) is 3.75. The Morgan fingerprint density at radius 3 is 2.91 bits per heavy atom. The molecule has 1 aliphatic heterocycles. The molecule has 2 aromatic rings. The third-order valence-electron chi connectivity index (χ3n) is 4.02. The van der Waals surface area contributed by atoms with E-state index in [-0.39, 0.29) is 5.91 Å². The van der Waals surface area contributed by atoms with Gasteiger partial charge < -0.3 is 15.1 Å². The van der Waals surface area contributed by atoms with E-state index in [9.17, 15) is 4.79 Å². The van der Waals surface area contributed by atoms with Crippen molar-refractivity contribution in [1.29, 1.82) is 0 Å². The molecule has 3 rings (SSSR count). The van der Waals surface area contributed by atoms with Gasteiger partial charge >= 0.3 is 0 Å². The van der Waals surface area contributed by atoms with Gasteiger partial charge in [0, 0.05) is 24.3 Å². The molecule has 4 nitrogen and oxygen atoms in total. The highest BCUT2D eigenvalue weighted by atomic mass is 35.5. The number of likely N-dealkylation sites (tertiary alicyclic amines) is 1. The average molecular weight is 319 g/mol. The number of nitrogens with two attached hydrogens (primary N) is 1. The summed E-state index contributed by atoms with van der Waals surface area (Å²) in [6.07, 6.45) is 2.22. The number of carbonyl (C=O) groups excluding carboxylic acids is 1. The standard InChI is InChI=1S/C17H19ClN2O2/c1-11-3-2-8-20(10-11)17(21)16-7-6-15(22-16)13-5-4-12(19)9-14(13)18/h4-7,9,11H,2-3,8,10,19H2,1H3. The fourth-order valence-corrected chi connectivity index (χ4v) is 3.14. The van der Waals surface area contributed by atoms with Crippen LogP contribution in [-0.2, 0) is 0 Å². The van der Waals surface area contributed by atoms with E-state index in [1.165, 1.54) is 6.42 Å². The number of hydrogen-bond acceptors (Lipinski definition) is 3. The summed E-state index contributed by atoms with van der Waals surface area (Å²) in [5, 5.41) is 0.514. The third-order valence-corrected chi connectivity index (χ3v) is 4.33. The number of rotatable bonds is 2. The molecule has 1 atom stereocenters. The molecule has 2 N–H and O–H groups in total. The second-order valence-electron chi connectivity index (χ2n) is 5.90. The van der Waals surface area contributed by atoms with Gasteiger partial charge in [-0.15, -0.1) is 0 Å². The summed E-state index contributed by atoms with van der Waals surface area (Å²) in [6, 6.07) is 8.72. The Labute approximate surface area is 134 Å². The first-order chi connectivity index (χ1) is 10.5. The minimum absolute atomic E-state index is 0.0515. The smallest absolute Gasteiger partial charge is 0.289 e. The Morgan fingerprint density at radius 1 is 1.36 bits per heavy atom. The molecule has 0 radical (unpaired) electrons. The quantitative estimate of drug-likeness (QED) is 0.850. The summed E-state index contributed by atoms with van der Waals surface area (Å²) in [4.78, 5) is 14.4. The van der Waals surface area contributed by atoms with Crippen LogP contribution in [0.25, 0.3) is 11.3 Å². The predicted molar refractivity (Wildman–Crippen MR) is 87.9 cm³/mol. The number of amides is 1. The fourth-order valence-electron chi connectivity index (χ4n) is 2.86. The van der Waals surface area contributed by atoms with Crippen LogP contribution >= 0.6 is 11.6 Å². The largest absolute Gasteiger partial charge is 0.451 e. The van der Waals surface area contributed by atoms with Gasteiger partial charge in [-0.05, 0) is 49.1 Å². The first kappa shape index (κ1) is 15.0. The van der Waals surface area contributed by atoms with E-state index < -0.39 is 0 Å². The van der Waals surface area contributed by atoms with Gasteiger partial charge in [-0.2, -0.15) is 0 Å². The van der Waals surface area contributed by atoms with Crippen molar-refractivity contribution in [3.8, 4) is 11.3 Å². The third kappa shape index (κ3) is 2.97. The minimum Gasteiger partial charge on any atom is -0.451 e. The molecule has 1 fully saturated rings. The highest BCUT2D eigenvalue weighted by Gasteiger charge is 2.24. The van der Waals surface area contributed by atoms with Crippen molar-refractivity contribution >= 4 is 23.2 Å². The molecule has 2 heterocycles. The Bertz CT molecular complexity index is 696. The van der Waals surface area contributed by atoms with Crippen LogP contribution in [0.4, 0.5) is 5.69 Å². The molecule has 1 unspecified atom stereocenters. The van der Waals surface area contributed by atoms with Gasteiger partial charge in [0.25, 0.3) is 5.91 Å². The van der Waals surface area contributed by atoms with E-state index in [4.69, 9.17) is 21.8 Å². The number of piperidine rings is 1. The highest BCUT2D eigenvalue weighted by molar-refractivity contribution is 6.33. The lowest BCUT2D eigenvalue weighted by molar-refractivity contribution is 0.0652. The van der Waals surface area contributed by atoms with E-state index in [0.717, 1.165) is 25.1 Å². The second kappa shape index (κ2) is 6.05. The monoisotopic (exact) mass is 318 g/mol. The van der Waals surface area contributed by atoms with Crippen LogP contribution in [0.3, 0.4) is 0 Å². The molecule has 5 heteroatoms. The molecule has 1 aromatic carbocycles. The van der Waals surface area contributed by atoms with Gasteiger partial charge in [0.15, 0.2) is 5.76 Å². The zero-order valence-electron chi connectivity index (χ0n) is 12.5. The number of nitrogens with zero attached hydrogens (tertiary/aromatic N) is 1. The molecule has 1 saturated heterocycles. The van der Waals surface area contributed by atoms with Gasteiger partial charge in [0.2, 0.25) is 0 Å². The van der Waals surface area contributed by atoms with Crippen molar-refractivity contribution in [1.82, 2.24) is 4.90 Å². The number of halogens is 1. The van der Waals surface area contributed by atoms with Crippen LogP contribution in [0, 0.1) is 5.92 Å². The van der Waals surface area contributed by atoms with E-state index >= 15 is 0 Å². The predicted octanol–water partition coefficient (Wildman–Crippen LogP) is 4.05. The maximum absolute atomic E-state index is 12.5. The molecule has 0 aliphatic carbocycles. The zero-order chi connectivity index (χ0) is 15.7. The molecule has 1 aromatic heterocycles. The number of carbonyl (C=O) groups is 1. The molecular formula is C17H19ClN2O2. The molecule has 0 saturated carbocycles. The molecule has 116 valence electrons. The molecular weight excluding hydrogens is 300 g/mol. The number of anilines is 1. The fraction of sp³-hybridized carbons (Fsp3) is 0.353. The lowest BCUT2D eigenvalue weighted by Crippen LogP contribution is -2.38. The van der Waals surface area contributed by atoms with E-state index in [2.05, 4.69) is 6.92 Å². The van der Waals surface area contributed by atoms with E-state index in [1.54, 1.807) is 30.3 Å². The zero-order valence-corrected chi connectivity index (χ0v) is 13.3. The summed E-state index contributed by atoms with van der Waals surface area (Å²) in [7, 11) is 0. The average Bonchev–Trinajstić information content (AvgIpc) is 2.96. The summed E-state index contributed by atoms with van der Waals surface area (Å²) in [5.74, 6) is 1.43. The van der Waals surface area contributed by atoms with Crippen LogP contribution < -0.4 is 5.73 Å². The summed E-state index contributed by atoms with van der Waals surface area (Å²) < 4.78 is 5.72. The van der Waals surface area contributed by atoms with Crippen LogP contribution in [0.5, 0.6) is 0 Å². The van der Waals surface area contributed by atoms with Crippen LogP contribution in [0.1, 0.15) is 30.3 Å². The molecule has 0 spiro atoms. The van der Waals surface area contributed by atoms with Crippen molar-refractivity contribution in [3.63, 3.8) is 0 Å². The summed E-state index contributed by atoms with van der Waals surface area (Å²) >= 11 is 6.19. The van der Waals surface area contributed by atoms with Crippen molar-refractivity contribution in [2.24, 2.45) is 5.92 Å². The van der Waals surface area contributed by atoms with Crippen molar-refractivity contribution in [2.75, 3.05) is 18.8 Å². The van der Waals surface area contributed by atoms with Crippen molar-refractivity contribution < 1.29 is 9.21 Å². The Kier molecular flexibility index (Phi) is 4.12.